The molecule has 0 spiro atoms. The van der Waals surface area contributed by atoms with Crippen molar-refractivity contribution >= 4 is 28.8 Å². The molecule has 0 radical (unpaired) electrons. The van der Waals surface area contributed by atoms with Crippen molar-refractivity contribution in [3.8, 4) is 22.1 Å². The zero-order valence-corrected chi connectivity index (χ0v) is 18.7. The topological polar surface area (TPSA) is 80.8 Å². The maximum atomic E-state index is 13.1. The van der Waals surface area contributed by atoms with Crippen LogP contribution in [0, 0.1) is 0 Å². The summed E-state index contributed by atoms with van der Waals surface area (Å²) in [6.07, 6.45) is -4.62. The minimum Gasteiger partial charge on any atom is -0.493 e. The van der Waals surface area contributed by atoms with E-state index in [1.807, 2.05) is 0 Å². The number of rotatable bonds is 7. The maximum Gasteiger partial charge on any atom is 0.418 e. The molecule has 2 amide bonds. The Morgan fingerprint density at radius 2 is 1.79 bits per heavy atom. The predicted octanol–water partition coefficient (Wildman–Crippen LogP) is 4.56. The van der Waals surface area contributed by atoms with Crippen molar-refractivity contribution < 1.29 is 32.2 Å². The molecule has 0 atom stereocenters. The lowest BCUT2D eigenvalue weighted by Gasteiger charge is -2.17. The zero-order valence-electron chi connectivity index (χ0n) is 17.9. The molecule has 7 nitrogen and oxygen atoms in total. The summed E-state index contributed by atoms with van der Waals surface area (Å²) in [5.74, 6) is -0.256. The number of thiazole rings is 1. The van der Waals surface area contributed by atoms with E-state index in [0.29, 0.717) is 22.1 Å². The number of benzene rings is 2. The highest BCUT2D eigenvalue weighted by Crippen LogP contribution is 2.35. The first-order valence-electron chi connectivity index (χ1n) is 9.53. The van der Waals surface area contributed by atoms with E-state index in [2.05, 4.69) is 10.3 Å². The summed E-state index contributed by atoms with van der Waals surface area (Å²) in [6, 6.07) is 9.84. The molecule has 0 unspecified atom stereocenters. The number of likely N-dealkylation sites (N-methyl/N-ethyl adjacent to an activating group) is 1. The molecule has 1 N–H and O–H groups in total. The first-order valence-corrected chi connectivity index (χ1v) is 10.4. The van der Waals surface area contributed by atoms with Gasteiger partial charge in [-0.05, 0) is 30.3 Å². The molecule has 11 heteroatoms. The maximum absolute atomic E-state index is 13.1. The second-order valence-electron chi connectivity index (χ2n) is 6.86. The summed E-state index contributed by atoms with van der Waals surface area (Å²) >= 11 is 1.23. The number of para-hydroxylation sites is 1. The number of hydrogen-bond acceptors (Lipinski definition) is 6. The minimum atomic E-state index is -4.62. The van der Waals surface area contributed by atoms with E-state index < -0.39 is 30.1 Å². The van der Waals surface area contributed by atoms with Gasteiger partial charge in [0.25, 0.3) is 5.91 Å². The number of nitrogens with one attached hydrogen (secondary N) is 1. The van der Waals surface area contributed by atoms with Crippen LogP contribution in [0.4, 0.5) is 18.9 Å². The van der Waals surface area contributed by atoms with Crippen LogP contribution >= 0.6 is 11.3 Å². The van der Waals surface area contributed by atoms with Gasteiger partial charge in [-0.15, -0.1) is 11.3 Å². The fraction of sp³-hybridized carbons (Fsp3) is 0.227. The van der Waals surface area contributed by atoms with Gasteiger partial charge in [0.15, 0.2) is 11.5 Å². The van der Waals surface area contributed by atoms with Crippen molar-refractivity contribution in [2.75, 3.05) is 33.1 Å². The Morgan fingerprint density at radius 3 is 2.45 bits per heavy atom. The van der Waals surface area contributed by atoms with Crippen LogP contribution in [0.5, 0.6) is 11.5 Å². The molecule has 0 aliphatic rings. The number of alkyl halides is 3. The fourth-order valence-corrected chi connectivity index (χ4v) is 3.78. The summed E-state index contributed by atoms with van der Waals surface area (Å²) < 4.78 is 49.8. The van der Waals surface area contributed by atoms with E-state index in [1.54, 1.807) is 23.6 Å². The number of carbonyl (C=O) groups is 2. The molecular formula is C22H20F3N3O4S. The van der Waals surface area contributed by atoms with Gasteiger partial charge >= 0.3 is 6.18 Å². The van der Waals surface area contributed by atoms with Crippen molar-refractivity contribution in [3.63, 3.8) is 0 Å². The zero-order chi connectivity index (χ0) is 24.2. The molecule has 0 aliphatic carbocycles. The fourth-order valence-electron chi connectivity index (χ4n) is 2.99. The van der Waals surface area contributed by atoms with E-state index in [4.69, 9.17) is 9.47 Å². The summed E-state index contributed by atoms with van der Waals surface area (Å²) in [6.45, 7) is -0.450. The Balaban J connectivity index is 1.69. The lowest BCUT2D eigenvalue weighted by atomic mass is 10.1. The van der Waals surface area contributed by atoms with Gasteiger partial charge in [-0.25, -0.2) is 4.98 Å². The smallest absolute Gasteiger partial charge is 0.418 e. The third kappa shape index (κ3) is 5.61. The van der Waals surface area contributed by atoms with E-state index in [1.165, 1.54) is 44.7 Å². The number of ether oxygens (including phenoxy) is 2. The second-order valence-corrected chi connectivity index (χ2v) is 7.72. The Kier molecular flexibility index (Phi) is 7.22. The Hall–Kier alpha value is -3.60. The van der Waals surface area contributed by atoms with Gasteiger partial charge in [0.05, 0.1) is 32.0 Å². The van der Waals surface area contributed by atoms with Crippen LogP contribution in [0.15, 0.2) is 47.8 Å². The molecular weight excluding hydrogens is 459 g/mol. The summed E-state index contributed by atoms with van der Waals surface area (Å²) in [5, 5.41) is 4.31. The molecule has 3 rings (SSSR count). The average Bonchev–Trinajstić information content (AvgIpc) is 3.27. The van der Waals surface area contributed by atoms with Gasteiger partial charge < -0.3 is 19.7 Å². The number of anilines is 1. The van der Waals surface area contributed by atoms with E-state index in [9.17, 15) is 22.8 Å². The monoisotopic (exact) mass is 479 g/mol. The van der Waals surface area contributed by atoms with Crippen LogP contribution < -0.4 is 14.8 Å². The normalized spacial score (nSPS) is 11.1. The van der Waals surface area contributed by atoms with Crippen molar-refractivity contribution in [1.29, 1.82) is 0 Å². The average molecular weight is 479 g/mol. The van der Waals surface area contributed by atoms with Crippen LogP contribution in [0.1, 0.15) is 16.1 Å². The van der Waals surface area contributed by atoms with Crippen LogP contribution in [-0.4, -0.2) is 49.5 Å². The Morgan fingerprint density at radius 1 is 1.09 bits per heavy atom. The van der Waals surface area contributed by atoms with Crippen LogP contribution in [0.3, 0.4) is 0 Å². The van der Waals surface area contributed by atoms with Crippen LogP contribution in [0.2, 0.25) is 0 Å². The standard InChI is InChI=1S/C22H20F3N3O4S/c1-28(11-19(29)26-15-7-5-4-6-14(15)22(23,24)25)21(30)16-12-33-20(27-16)13-8-9-17(31-2)18(10-13)32-3/h4-10,12H,11H2,1-3H3,(H,26,29). The Bertz CT molecular complexity index is 1160. The third-order valence-corrected chi connectivity index (χ3v) is 5.48. The number of hydrogen-bond donors (Lipinski definition) is 1. The molecule has 0 saturated heterocycles. The van der Waals surface area contributed by atoms with Gasteiger partial charge in [-0.3, -0.25) is 9.59 Å². The molecule has 0 fully saturated rings. The minimum absolute atomic E-state index is 0.107. The largest absolute Gasteiger partial charge is 0.493 e. The van der Waals surface area contributed by atoms with Gasteiger partial charge in [-0.2, -0.15) is 13.2 Å². The molecule has 174 valence electrons. The molecule has 0 saturated carbocycles. The molecule has 1 aromatic heterocycles. The van der Waals surface area contributed by atoms with Gasteiger partial charge in [0.1, 0.15) is 10.7 Å². The van der Waals surface area contributed by atoms with Gasteiger partial charge in [0.2, 0.25) is 5.91 Å². The van der Waals surface area contributed by atoms with Gasteiger partial charge in [0, 0.05) is 18.0 Å². The second kappa shape index (κ2) is 9.90. The highest BCUT2D eigenvalue weighted by atomic mass is 32.1. The number of methoxy groups -OCH3 is 2. The van der Waals surface area contributed by atoms with E-state index in [-0.39, 0.29) is 11.4 Å². The lowest BCUT2D eigenvalue weighted by molar-refractivity contribution is -0.137. The highest BCUT2D eigenvalue weighted by Gasteiger charge is 2.33. The van der Waals surface area contributed by atoms with Crippen LogP contribution in [-0.2, 0) is 11.0 Å². The van der Waals surface area contributed by atoms with Crippen molar-refractivity contribution in [1.82, 2.24) is 9.88 Å². The van der Waals surface area contributed by atoms with E-state index in [0.717, 1.165) is 17.0 Å². The molecule has 3 aromatic rings. The number of nitrogens with zero attached hydrogens (tertiary/aromatic N) is 2. The van der Waals surface area contributed by atoms with Gasteiger partial charge in [-0.1, -0.05) is 12.1 Å². The third-order valence-electron chi connectivity index (χ3n) is 4.59. The molecule has 0 bridgehead atoms. The number of carbonyl (C=O) groups excluding carboxylic acids is 2. The SMILES string of the molecule is COc1ccc(-c2nc(C(=O)N(C)CC(=O)Nc3ccccc3C(F)(F)F)cs2)cc1OC. The summed E-state index contributed by atoms with van der Waals surface area (Å²) in [5.41, 5.74) is -0.525. The van der Waals surface area contributed by atoms with Crippen molar-refractivity contribution in [2.24, 2.45) is 0 Å². The van der Waals surface area contributed by atoms with E-state index >= 15 is 0 Å². The quantitative estimate of drug-likeness (QED) is 0.538. The first kappa shape index (κ1) is 24.1. The number of amides is 2. The molecule has 1 heterocycles. The molecule has 0 aliphatic heterocycles. The highest BCUT2D eigenvalue weighted by molar-refractivity contribution is 7.13. The van der Waals surface area contributed by atoms with Crippen molar-refractivity contribution in [2.45, 2.75) is 6.18 Å². The molecule has 33 heavy (non-hydrogen) atoms. The summed E-state index contributed by atoms with van der Waals surface area (Å²) in [7, 11) is 4.39. The number of aromatic nitrogens is 1. The predicted molar refractivity (Wildman–Crippen MR) is 118 cm³/mol. The molecule has 2 aromatic carbocycles. The lowest BCUT2D eigenvalue weighted by Crippen LogP contribution is -2.35. The number of halogens is 3. The Labute approximate surface area is 191 Å². The summed E-state index contributed by atoms with van der Waals surface area (Å²) in [4.78, 5) is 30.4. The van der Waals surface area contributed by atoms with Crippen molar-refractivity contribution in [3.05, 3.63) is 59.1 Å². The van der Waals surface area contributed by atoms with Crippen LogP contribution in [0.25, 0.3) is 10.6 Å². The first-order chi connectivity index (χ1) is 15.6.